The molecular weight excluding hydrogens is 371 g/mol. The van der Waals surface area contributed by atoms with Gasteiger partial charge >= 0.3 is 6.18 Å². The summed E-state index contributed by atoms with van der Waals surface area (Å²) >= 11 is 0. The Morgan fingerprint density at radius 3 is 2.50 bits per heavy atom. The normalized spacial score (nSPS) is 16.6. The van der Waals surface area contributed by atoms with Gasteiger partial charge in [-0.3, -0.25) is 9.89 Å². The molecular formula is C19H24F3N5O. The number of nitrogens with one attached hydrogen (secondary N) is 3. The van der Waals surface area contributed by atoms with E-state index in [0.29, 0.717) is 11.2 Å². The van der Waals surface area contributed by atoms with Crippen LogP contribution in [0.3, 0.4) is 0 Å². The molecule has 1 aromatic carbocycles. The molecule has 0 spiro atoms. The summed E-state index contributed by atoms with van der Waals surface area (Å²) in [5.74, 6) is 0.260. The highest BCUT2D eigenvalue weighted by atomic mass is 19.4. The second-order valence-corrected chi connectivity index (χ2v) is 8.11. The van der Waals surface area contributed by atoms with Crippen molar-refractivity contribution in [2.24, 2.45) is 10.9 Å². The Bertz CT molecular complexity index is 889. The van der Waals surface area contributed by atoms with Gasteiger partial charge in [0.15, 0.2) is 5.82 Å². The first-order valence-corrected chi connectivity index (χ1v) is 9.26. The lowest BCUT2D eigenvalue weighted by Crippen LogP contribution is -2.45. The fraction of sp³-hybridized carbons (Fsp3) is 0.526. The maximum absolute atomic E-state index is 12.9. The molecule has 2 aromatic rings. The number of H-pyrrole nitrogens is 1. The number of hydrogen-bond acceptors (Lipinski definition) is 2. The zero-order chi connectivity index (χ0) is 20.5. The number of carbonyl (C=O) groups is 1. The van der Waals surface area contributed by atoms with Crippen molar-refractivity contribution in [3.63, 3.8) is 0 Å². The van der Waals surface area contributed by atoms with Crippen LogP contribution in [0, 0.1) is 5.92 Å². The maximum atomic E-state index is 12.9. The third-order valence-corrected chi connectivity index (χ3v) is 4.55. The van der Waals surface area contributed by atoms with Crippen LogP contribution in [0.5, 0.6) is 0 Å². The van der Waals surface area contributed by atoms with Gasteiger partial charge in [0, 0.05) is 16.8 Å². The number of aromatic nitrogens is 2. The quantitative estimate of drug-likeness (QED) is 0.518. The number of carbonyl (C=O) groups excluding carboxylic acids is 1. The first-order valence-electron chi connectivity index (χ1n) is 9.26. The second kappa shape index (κ2) is 7.44. The molecule has 28 heavy (non-hydrogen) atoms. The van der Waals surface area contributed by atoms with Crippen LogP contribution in [0.1, 0.15) is 52.0 Å². The maximum Gasteiger partial charge on any atom is 0.416 e. The molecule has 1 amide bonds. The third kappa shape index (κ3) is 4.82. The number of rotatable bonds is 2. The molecule has 0 bridgehead atoms. The number of nitrogens with zero attached hydrogens (tertiary/aromatic N) is 2. The van der Waals surface area contributed by atoms with E-state index in [4.69, 9.17) is 0 Å². The van der Waals surface area contributed by atoms with Crippen molar-refractivity contribution in [2.75, 3.05) is 5.32 Å². The number of hydrogen-bond donors (Lipinski definition) is 3. The summed E-state index contributed by atoms with van der Waals surface area (Å²) in [4.78, 5) is 16.7. The van der Waals surface area contributed by atoms with Gasteiger partial charge in [0.1, 0.15) is 0 Å². The van der Waals surface area contributed by atoms with Crippen molar-refractivity contribution in [1.82, 2.24) is 15.5 Å². The molecule has 0 aliphatic heterocycles. The van der Waals surface area contributed by atoms with Gasteiger partial charge in [0.2, 0.25) is 5.96 Å². The lowest BCUT2D eigenvalue weighted by molar-refractivity contribution is -0.137. The number of benzene rings is 1. The van der Waals surface area contributed by atoms with Gasteiger partial charge in [-0.05, 0) is 51.8 Å². The molecule has 1 aromatic heterocycles. The minimum absolute atomic E-state index is 0.0798. The molecule has 0 radical (unpaired) electrons. The molecule has 1 fully saturated rings. The van der Waals surface area contributed by atoms with E-state index in [1.54, 1.807) is 0 Å². The molecule has 3 rings (SSSR count). The summed E-state index contributed by atoms with van der Waals surface area (Å²) in [5, 5.41) is 13.2. The van der Waals surface area contributed by atoms with Gasteiger partial charge in [-0.15, -0.1) is 0 Å². The van der Waals surface area contributed by atoms with Gasteiger partial charge in [0.25, 0.3) is 5.91 Å². The first-order chi connectivity index (χ1) is 13.0. The summed E-state index contributed by atoms with van der Waals surface area (Å²) in [5.41, 5.74) is -0.889. The van der Waals surface area contributed by atoms with Crippen molar-refractivity contribution in [2.45, 2.75) is 58.2 Å². The molecule has 1 aliphatic carbocycles. The van der Waals surface area contributed by atoms with Gasteiger partial charge in [-0.2, -0.15) is 23.3 Å². The van der Waals surface area contributed by atoms with Gasteiger partial charge in [-0.25, -0.2) is 0 Å². The smallest absolute Gasteiger partial charge is 0.351 e. The molecule has 0 atom stereocenters. The standard InChI is InChI=1S/C19H24F3N5O/c1-18(2,3)25-17(24-16(28)11-6-4-5-7-11)23-15-13-9-8-12(19(20,21)22)10-14(13)26-27-15/h8-11H,4-7H2,1-3H3,(H3,23,24,25,26,27,28). The first kappa shape index (κ1) is 20.2. The van der Waals surface area contributed by atoms with Gasteiger partial charge < -0.3 is 10.6 Å². The second-order valence-electron chi connectivity index (χ2n) is 8.11. The predicted octanol–water partition coefficient (Wildman–Crippen LogP) is 4.45. The lowest BCUT2D eigenvalue weighted by Gasteiger charge is -2.23. The lowest BCUT2D eigenvalue weighted by atomic mass is 10.1. The van der Waals surface area contributed by atoms with E-state index in [9.17, 15) is 18.0 Å². The summed E-state index contributed by atoms with van der Waals surface area (Å²) in [6.45, 7) is 5.76. The Balaban J connectivity index is 1.88. The van der Waals surface area contributed by atoms with Crippen LogP contribution in [0.15, 0.2) is 23.2 Å². The number of halogens is 3. The summed E-state index contributed by atoms with van der Waals surface area (Å²) < 4.78 is 38.7. The van der Waals surface area contributed by atoms with E-state index in [1.807, 2.05) is 20.8 Å². The van der Waals surface area contributed by atoms with Gasteiger partial charge in [-0.1, -0.05) is 12.8 Å². The predicted molar refractivity (Wildman–Crippen MR) is 102 cm³/mol. The monoisotopic (exact) mass is 395 g/mol. The number of aromatic amines is 1. The van der Waals surface area contributed by atoms with E-state index in [1.165, 1.54) is 6.07 Å². The number of alkyl halides is 3. The van der Waals surface area contributed by atoms with Crippen LogP contribution in [-0.4, -0.2) is 27.6 Å². The van der Waals surface area contributed by atoms with E-state index >= 15 is 0 Å². The number of guanidine groups is 1. The largest absolute Gasteiger partial charge is 0.416 e. The molecule has 0 unspecified atom stereocenters. The van der Waals surface area contributed by atoms with E-state index in [-0.39, 0.29) is 28.8 Å². The minimum Gasteiger partial charge on any atom is -0.351 e. The highest BCUT2D eigenvalue weighted by molar-refractivity contribution is 6.05. The van der Waals surface area contributed by atoms with Crippen molar-refractivity contribution >= 4 is 28.6 Å². The Kier molecular flexibility index (Phi) is 5.36. The SMILES string of the molecule is CC(C)(C)N/C(=N/C(=O)C1CCCC1)Nc1n[nH]c2cc(C(F)(F)F)ccc12. The number of anilines is 1. The molecule has 1 heterocycles. The van der Waals surface area contributed by atoms with Crippen molar-refractivity contribution < 1.29 is 18.0 Å². The van der Waals surface area contributed by atoms with E-state index in [2.05, 4.69) is 25.8 Å². The van der Waals surface area contributed by atoms with Crippen LogP contribution in [0.25, 0.3) is 10.9 Å². The minimum atomic E-state index is -4.43. The molecule has 1 saturated carbocycles. The van der Waals surface area contributed by atoms with Crippen molar-refractivity contribution in [3.05, 3.63) is 23.8 Å². The highest BCUT2D eigenvalue weighted by Crippen LogP contribution is 2.32. The Hall–Kier alpha value is -2.58. The Labute approximate surface area is 161 Å². The molecule has 6 nitrogen and oxygen atoms in total. The van der Waals surface area contributed by atoms with Crippen LogP contribution >= 0.6 is 0 Å². The zero-order valence-corrected chi connectivity index (χ0v) is 16.1. The zero-order valence-electron chi connectivity index (χ0n) is 16.1. The average Bonchev–Trinajstić information content (AvgIpc) is 3.22. The van der Waals surface area contributed by atoms with Crippen LogP contribution in [-0.2, 0) is 11.0 Å². The summed E-state index contributed by atoms with van der Waals surface area (Å²) in [7, 11) is 0. The van der Waals surface area contributed by atoms with Crippen LogP contribution < -0.4 is 10.6 Å². The van der Waals surface area contributed by atoms with Crippen LogP contribution in [0.2, 0.25) is 0 Å². The third-order valence-electron chi connectivity index (χ3n) is 4.55. The highest BCUT2D eigenvalue weighted by Gasteiger charge is 2.31. The fourth-order valence-electron chi connectivity index (χ4n) is 3.22. The topological polar surface area (TPSA) is 82.2 Å². The van der Waals surface area contributed by atoms with Crippen molar-refractivity contribution in [3.8, 4) is 0 Å². The molecule has 152 valence electrons. The number of amides is 1. The van der Waals surface area contributed by atoms with Crippen LogP contribution in [0.4, 0.5) is 19.0 Å². The fourth-order valence-corrected chi connectivity index (χ4v) is 3.22. The molecule has 3 N–H and O–H groups in total. The Morgan fingerprint density at radius 2 is 1.89 bits per heavy atom. The van der Waals surface area contributed by atoms with E-state index in [0.717, 1.165) is 37.8 Å². The van der Waals surface area contributed by atoms with Gasteiger partial charge in [0.05, 0.1) is 11.1 Å². The molecule has 1 aliphatic rings. The average molecular weight is 395 g/mol. The number of aliphatic imine (C=N–C) groups is 1. The summed E-state index contributed by atoms with van der Waals surface area (Å²) in [6.07, 6.45) is -0.728. The van der Waals surface area contributed by atoms with Crippen molar-refractivity contribution in [1.29, 1.82) is 0 Å². The number of fused-ring (bicyclic) bond motifs is 1. The molecule has 9 heteroatoms. The summed E-state index contributed by atoms with van der Waals surface area (Å²) in [6, 6.07) is 3.35. The van der Waals surface area contributed by atoms with E-state index < -0.39 is 11.7 Å². The Morgan fingerprint density at radius 1 is 1.21 bits per heavy atom. The molecule has 0 saturated heterocycles.